The second-order valence-electron chi connectivity index (χ2n) is 10.2. The zero-order valence-electron chi connectivity index (χ0n) is 21.3. The molecule has 0 aromatic heterocycles. The zero-order valence-corrected chi connectivity index (χ0v) is 21.3. The third-order valence-corrected chi connectivity index (χ3v) is 7.15. The third-order valence-electron chi connectivity index (χ3n) is 7.15. The van der Waals surface area contributed by atoms with Gasteiger partial charge in [-0.3, -0.25) is 19.2 Å². The van der Waals surface area contributed by atoms with E-state index in [9.17, 15) is 19.2 Å². The number of nitrogens with two attached hydrogens (primary N) is 2. The van der Waals surface area contributed by atoms with E-state index in [0.717, 1.165) is 5.56 Å². The van der Waals surface area contributed by atoms with E-state index in [1.807, 2.05) is 38.1 Å². The number of amides is 3. The Balaban J connectivity index is 1.50. The molecule has 3 amide bonds. The Hall–Kier alpha value is -3.56. The normalized spacial score (nSPS) is 20.6. The number of rotatable bonds is 8. The van der Waals surface area contributed by atoms with Gasteiger partial charge in [-0.1, -0.05) is 56.3 Å². The maximum absolute atomic E-state index is 13.7. The van der Waals surface area contributed by atoms with E-state index < -0.39 is 24.2 Å². The topological polar surface area (TPSA) is 139 Å². The number of nitrogens with one attached hydrogen (secondary N) is 1. The summed E-state index contributed by atoms with van der Waals surface area (Å²) in [6, 6.07) is 13.2. The number of fused-ring (bicyclic) bond motifs is 1. The molecule has 4 rings (SSSR count). The Kier molecular flexibility index (Phi) is 8.04. The van der Waals surface area contributed by atoms with Crippen LogP contribution in [0.3, 0.4) is 0 Å². The molecule has 2 saturated heterocycles. The quantitative estimate of drug-likeness (QED) is 0.495. The lowest BCUT2D eigenvalue weighted by Gasteiger charge is -2.29. The molecule has 9 heteroatoms. The van der Waals surface area contributed by atoms with E-state index in [1.54, 1.807) is 30.3 Å². The van der Waals surface area contributed by atoms with Crippen molar-refractivity contribution in [1.82, 2.24) is 15.1 Å². The van der Waals surface area contributed by atoms with Gasteiger partial charge >= 0.3 is 0 Å². The lowest BCUT2D eigenvalue weighted by Crippen LogP contribution is -2.53. The fourth-order valence-electron chi connectivity index (χ4n) is 5.31. The van der Waals surface area contributed by atoms with E-state index in [4.69, 9.17) is 11.5 Å². The average Bonchev–Trinajstić information content (AvgIpc) is 3.48. The lowest BCUT2D eigenvalue weighted by atomic mass is 10.0. The minimum absolute atomic E-state index is 0.0778. The highest BCUT2D eigenvalue weighted by molar-refractivity contribution is 6.01. The summed E-state index contributed by atoms with van der Waals surface area (Å²) in [5, 5.41) is 2.88. The number of ketones is 1. The van der Waals surface area contributed by atoms with Gasteiger partial charge < -0.3 is 26.6 Å². The molecule has 0 saturated carbocycles. The molecule has 2 aromatic rings. The smallest absolute Gasteiger partial charge is 0.251 e. The first-order chi connectivity index (χ1) is 17.7. The van der Waals surface area contributed by atoms with Crippen molar-refractivity contribution in [2.24, 2.45) is 17.4 Å². The molecule has 2 aliphatic rings. The summed E-state index contributed by atoms with van der Waals surface area (Å²) in [4.78, 5) is 56.1. The number of nitrogens with zero attached hydrogens (tertiary/aromatic N) is 2. The highest BCUT2D eigenvalue weighted by Crippen LogP contribution is 2.32. The maximum atomic E-state index is 13.7. The molecule has 0 bridgehead atoms. The minimum atomic E-state index is -0.880. The van der Waals surface area contributed by atoms with E-state index >= 15 is 0 Å². The van der Waals surface area contributed by atoms with Crippen molar-refractivity contribution in [1.29, 1.82) is 0 Å². The van der Waals surface area contributed by atoms with Crippen molar-refractivity contribution in [3.63, 3.8) is 0 Å². The van der Waals surface area contributed by atoms with Crippen molar-refractivity contribution in [2.75, 3.05) is 13.1 Å². The molecule has 37 heavy (non-hydrogen) atoms. The third kappa shape index (κ3) is 5.57. The van der Waals surface area contributed by atoms with Crippen molar-refractivity contribution >= 4 is 23.5 Å². The molecule has 2 aromatic carbocycles. The minimum Gasteiger partial charge on any atom is -0.340 e. The molecular weight excluding hydrogens is 470 g/mol. The van der Waals surface area contributed by atoms with Gasteiger partial charge in [-0.15, -0.1) is 0 Å². The molecule has 5 N–H and O–H groups in total. The fraction of sp³-hybridized carbons (Fsp3) is 0.429. The van der Waals surface area contributed by atoms with Crippen molar-refractivity contribution in [2.45, 2.75) is 57.4 Å². The van der Waals surface area contributed by atoms with Crippen LogP contribution in [0.4, 0.5) is 0 Å². The predicted octanol–water partition coefficient (Wildman–Crippen LogP) is 1.37. The highest BCUT2D eigenvalue weighted by atomic mass is 16.2. The van der Waals surface area contributed by atoms with Crippen LogP contribution in [-0.2, 0) is 20.9 Å². The van der Waals surface area contributed by atoms with Crippen LogP contribution in [0.1, 0.15) is 54.2 Å². The van der Waals surface area contributed by atoms with Crippen LogP contribution in [0, 0.1) is 5.92 Å². The second kappa shape index (κ2) is 11.2. The Labute approximate surface area is 217 Å². The summed E-state index contributed by atoms with van der Waals surface area (Å²) in [7, 11) is 0. The van der Waals surface area contributed by atoms with Crippen LogP contribution in [-0.4, -0.2) is 64.5 Å². The van der Waals surface area contributed by atoms with Gasteiger partial charge in [-0.25, -0.2) is 0 Å². The van der Waals surface area contributed by atoms with Gasteiger partial charge in [0.05, 0.1) is 12.6 Å². The van der Waals surface area contributed by atoms with Crippen LogP contribution in [0.25, 0.3) is 0 Å². The Morgan fingerprint density at radius 3 is 2.43 bits per heavy atom. The molecular formula is C28H35N5O4. The largest absolute Gasteiger partial charge is 0.340 e. The molecule has 4 atom stereocenters. The first-order valence-electron chi connectivity index (χ1n) is 12.7. The first-order valence-corrected chi connectivity index (χ1v) is 12.7. The number of Topliss-reactive ketones (excluding diaryl/α,β-unsaturated/α-hetero) is 1. The molecule has 0 spiro atoms. The maximum Gasteiger partial charge on any atom is 0.251 e. The van der Waals surface area contributed by atoms with E-state index in [1.165, 1.54) is 9.80 Å². The summed E-state index contributed by atoms with van der Waals surface area (Å²) >= 11 is 0. The lowest BCUT2D eigenvalue weighted by molar-refractivity contribution is -0.138. The summed E-state index contributed by atoms with van der Waals surface area (Å²) in [6.45, 7) is 4.50. The molecule has 2 fully saturated rings. The van der Waals surface area contributed by atoms with Gasteiger partial charge in [-0.05, 0) is 42.0 Å². The van der Waals surface area contributed by atoms with Gasteiger partial charge in [0.2, 0.25) is 11.8 Å². The summed E-state index contributed by atoms with van der Waals surface area (Å²) in [5.41, 5.74) is 13.9. The molecule has 0 aliphatic carbocycles. The fourth-order valence-corrected chi connectivity index (χ4v) is 5.31. The molecule has 0 radical (unpaired) electrons. The summed E-state index contributed by atoms with van der Waals surface area (Å²) in [5.74, 6) is -1.06. The number of benzene rings is 2. The average molecular weight is 506 g/mol. The Morgan fingerprint density at radius 2 is 1.76 bits per heavy atom. The number of carbonyl (C=O) groups excluding carboxylic acids is 4. The number of hydrogen-bond acceptors (Lipinski definition) is 6. The molecule has 196 valence electrons. The molecule has 9 nitrogen and oxygen atoms in total. The Morgan fingerprint density at radius 1 is 1.03 bits per heavy atom. The van der Waals surface area contributed by atoms with Crippen LogP contribution in [0.5, 0.6) is 0 Å². The van der Waals surface area contributed by atoms with E-state index in [-0.39, 0.29) is 36.0 Å². The van der Waals surface area contributed by atoms with Gasteiger partial charge in [0, 0.05) is 18.7 Å². The van der Waals surface area contributed by atoms with E-state index in [0.29, 0.717) is 37.1 Å². The van der Waals surface area contributed by atoms with Crippen LogP contribution in [0.2, 0.25) is 0 Å². The summed E-state index contributed by atoms with van der Waals surface area (Å²) < 4.78 is 0. The SMILES string of the molecule is CC(C)C[C@H](NC(=O)c1cccc(CN)c1)C(=O)N1CC[C@@H]2[C@H]1C(=O)CN2C(=O)[C@H](N)c1ccccc1. The van der Waals surface area contributed by atoms with Crippen LogP contribution >= 0.6 is 0 Å². The van der Waals surface area contributed by atoms with Crippen LogP contribution < -0.4 is 16.8 Å². The molecule has 2 heterocycles. The van der Waals surface area contributed by atoms with E-state index in [2.05, 4.69) is 5.32 Å². The van der Waals surface area contributed by atoms with Gasteiger partial charge in [0.25, 0.3) is 5.91 Å². The molecule has 2 aliphatic heterocycles. The number of hydrogen-bond donors (Lipinski definition) is 3. The first kappa shape index (κ1) is 26.5. The van der Waals surface area contributed by atoms with Crippen molar-refractivity contribution in [3.8, 4) is 0 Å². The molecule has 0 unspecified atom stereocenters. The van der Waals surface area contributed by atoms with Gasteiger partial charge in [0.15, 0.2) is 5.78 Å². The Bertz CT molecular complexity index is 1170. The standard InChI is InChI=1S/C28H35N5O4/c1-17(2)13-21(31-26(35)20-10-6-7-18(14-20)15-29)27(36)32-12-11-22-25(32)23(34)16-33(22)28(37)24(30)19-8-4-3-5-9-19/h3-10,14,17,21-22,24-25H,11-13,15-16,29-30H2,1-2H3,(H,31,35)/t21-,22+,24+,25-/m0/s1. The monoisotopic (exact) mass is 505 g/mol. The highest BCUT2D eigenvalue weighted by Gasteiger charge is 2.52. The summed E-state index contributed by atoms with van der Waals surface area (Å²) in [6.07, 6.45) is 0.904. The van der Waals surface area contributed by atoms with Crippen LogP contribution in [0.15, 0.2) is 54.6 Å². The number of carbonyl (C=O) groups is 4. The second-order valence-corrected chi connectivity index (χ2v) is 10.2. The van der Waals surface area contributed by atoms with Gasteiger partial charge in [0.1, 0.15) is 18.1 Å². The number of likely N-dealkylation sites (tertiary alicyclic amines) is 2. The van der Waals surface area contributed by atoms with Gasteiger partial charge in [-0.2, -0.15) is 0 Å². The van der Waals surface area contributed by atoms with Crippen molar-refractivity contribution in [3.05, 3.63) is 71.3 Å². The van der Waals surface area contributed by atoms with Crippen molar-refractivity contribution < 1.29 is 19.2 Å². The zero-order chi connectivity index (χ0) is 26.7. The predicted molar refractivity (Wildman–Crippen MR) is 139 cm³/mol.